The predicted octanol–water partition coefficient (Wildman–Crippen LogP) is 4.96. The molecule has 0 fully saturated rings. The second-order valence-electron chi connectivity index (χ2n) is 4.57. The van der Waals surface area contributed by atoms with E-state index >= 15 is 0 Å². The van der Waals surface area contributed by atoms with Crippen molar-refractivity contribution in [1.29, 1.82) is 0 Å². The summed E-state index contributed by atoms with van der Waals surface area (Å²) < 4.78 is 46.5. The molecule has 100 valence electrons. The molecular formula is C13H14BrF3O. The number of halogens is 4. The number of hydrogen-bond acceptors (Lipinski definition) is 1. The summed E-state index contributed by atoms with van der Waals surface area (Å²) >= 11 is 3.07. The van der Waals surface area contributed by atoms with Crippen molar-refractivity contribution in [3.63, 3.8) is 0 Å². The van der Waals surface area contributed by atoms with E-state index in [1.807, 2.05) is 0 Å². The largest absolute Gasteiger partial charge is 0.481 e. The van der Waals surface area contributed by atoms with Crippen molar-refractivity contribution >= 4 is 15.9 Å². The van der Waals surface area contributed by atoms with E-state index in [1.54, 1.807) is 0 Å². The van der Waals surface area contributed by atoms with E-state index in [0.29, 0.717) is 4.47 Å². The molecule has 0 aromatic heterocycles. The second kappa shape index (κ2) is 4.96. The molecule has 0 atom stereocenters. The van der Waals surface area contributed by atoms with E-state index in [0.717, 1.165) is 6.07 Å². The number of hydrogen-bond donors (Lipinski definition) is 0. The van der Waals surface area contributed by atoms with Gasteiger partial charge < -0.3 is 4.74 Å². The molecule has 1 aromatic carbocycles. The number of rotatable bonds is 4. The van der Waals surface area contributed by atoms with Gasteiger partial charge in [-0.05, 0) is 38.5 Å². The Morgan fingerprint density at radius 2 is 1.83 bits per heavy atom. The van der Waals surface area contributed by atoms with Crippen LogP contribution in [0, 0.1) is 5.82 Å². The van der Waals surface area contributed by atoms with Crippen LogP contribution in [0.2, 0.25) is 0 Å². The van der Waals surface area contributed by atoms with Gasteiger partial charge in [0.05, 0.1) is 0 Å². The smallest absolute Gasteiger partial charge is 0.306 e. The standard InChI is InChI=1S/C13H14BrF3O/c1-8(2)13(16,17)12(3,4)18-11-6-9(14)5-10(15)7-11/h5-7H,1H2,2-4H3. The molecule has 0 aliphatic heterocycles. The average Bonchev–Trinajstić information content (AvgIpc) is 2.13. The molecule has 1 nitrogen and oxygen atoms in total. The maximum atomic E-state index is 13.9. The van der Waals surface area contributed by atoms with Crippen LogP contribution in [0.5, 0.6) is 5.75 Å². The lowest BCUT2D eigenvalue weighted by atomic mass is 9.95. The molecule has 0 N–H and O–H groups in total. The van der Waals surface area contributed by atoms with Gasteiger partial charge in [-0.25, -0.2) is 4.39 Å². The summed E-state index contributed by atoms with van der Waals surface area (Å²) in [5.74, 6) is -3.74. The molecule has 0 saturated carbocycles. The van der Waals surface area contributed by atoms with Crippen LogP contribution >= 0.6 is 15.9 Å². The molecule has 5 heteroatoms. The first-order valence-corrected chi connectivity index (χ1v) is 6.04. The monoisotopic (exact) mass is 322 g/mol. The van der Waals surface area contributed by atoms with E-state index < -0.39 is 17.3 Å². The van der Waals surface area contributed by atoms with Crippen LogP contribution in [-0.4, -0.2) is 11.5 Å². The molecule has 0 bridgehead atoms. The van der Waals surface area contributed by atoms with Crippen molar-refractivity contribution in [2.75, 3.05) is 0 Å². The Balaban J connectivity index is 3.05. The van der Waals surface area contributed by atoms with Crippen LogP contribution in [0.4, 0.5) is 13.2 Å². The molecule has 0 aliphatic rings. The molecule has 0 heterocycles. The van der Waals surface area contributed by atoms with Gasteiger partial charge in [0.25, 0.3) is 0 Å². The Hall–Kier alpha value is -0.970. The van der Waals surface area contributed by atoms with Gasteiger partial charge in [0.15, 0.2) is 5.60 Å². The second-order valence-corrected chi connectivity index (χ2v) is 5.49. The molecule has 0 spiro atoms. The predicted molar refractivity (Wildman–Crippen MR) is 68.6 cm³/mol. The van der Waals surface area contributed by atoms with Crippen molar-refractivity contribution in [1.82, 2.24) is 0 Å². The van der Waals surface area contributed by atoms with E-state index in [1.165, 1.54) is 32.9 Å². The fraction of sp³-hybridized carbons (Fsp3) is 0.385. The zero-order chi connectivity index (χ0) is 14.1. The van der Waals surface area contributed by atoms with Gasteiger partial charge in [-0.2, -0.15) is 8.78 Å². The molecule has 18 heavy (non-hydrogen) atoms. The topological polar surface area (TPSA) is 9.23 Å². The third-order valence-corrected chi connectivity index (χ3v) is 2.96. The molecule has 0 saturated heterocycles. The SMILES string of the molecule is C=C(C)C(F)(F)C(C)(C)Oc1cc(F)cc(Br)c1. The van der Waals surface area contributed by atoms with Crippen molar-refractivity contribution in [2.24, 2.45) is 0 Å². The van der Waals surface area contributed by atoms with Gasteiger partial charge in [-0.3, -0.25) is 0 Å². The van der Waals surface area contributed by atoms with E-state index in [9.17, 15) is 13.2 Å². The minimum Gasteiger partial charge on any atom is -0.481 e. The lowest BCUT2D eigenvalue weighted by molar-refractivity contribution is -0.119. The van der Waals surface area contributed by atoms with Gasteiger partial charge >= 0.3 is 5.92 Å². The normalized spacial score (nSPS) is 12.4. The molecule has 0 aliphatic carbocycles. The van der Waals surface area contributed by atoms with Crippen molar-refractivity contribution in [2.45, 2.75) is 32.3 Å². The van der Waals surface area contributed by atoms with Gasteiger partial charge in [0.1, 0.15) is 11.6 Å². The summed E-state index contributed by atoms with van der Waals surface area (Å²) in [6.45, 7) is 6.96. The first-order valence-electron chi connectivity index (χ1n) is 5.25. The van der Waals surface area contributed by atoms with E-state index in [2.05, 4.69) is 22.5 Å². The minimum atomic E-state index is -3.22. The Labute approximate surface area is 113 Å². The van der Waals surface area contributed by atoms with Gasteiger partial charge in [0, 0.05) is 10.5 Å². The summed E-state index contributed by atoms with van der Waals surface area (Å²) in [6.07, 6.45) is 0. The van der Waals surface area contributed by atoms with Crippen LogP contribution in [0.3, 0.4) is 0 Å². The highest BCUT2D eigenvalue weighted by molar-refractivity contribution is 9.10. The highest BCUT2D eigenvalue weighted by Gasteiger charge is 2.49. The Morgan fingerprint density at radius 3 is 2.28 bits per heavy atom. The van der Waals surface area contributed by atoms with Crippen LogP contribution in [0.1, 0.15) is 20.8 Å². The van der Waals surface area contributed by atoms with E-state index in [-0.39, 0.29) is 11.3 Å². The van der Waals surface area contributed by atoms with Crippen LogP contribution in [-0.2, 0) is 0 Å². The molecule has 0 unspecified atom stereocenters. The van der Waals surface area contributed by atoms with Crippen molar-refractivity contribution in [3.8, 4) is 5.75 Å². The number of ether oxygens (including phenoxy) is 1. The average molecular weight is 323 g/mol. The highest BCUT2D eigenvalue weighted by atomic mass is 79.9. The first-order chi connectivity index (χ1) is 8.06. The lowest BCUT2D eigenvalue weighted by Crippen LogP contribution is -2.48. The summed E-state index contributed by atoms with van der Waals surface area (Å²) in [4.78, 5) is 0. The summed E-state index contributed by atoms with van der Waals surface area (Å²) in [5.41, 5.74) is -2.12. The Bertz CT molecular complexity index is 449. The Kier molecular flexibility index (Phi) is 4.15. The van der Waals surface area contributed by atoms with Gasteiger partial charge in [-0.15, -0.1) is 0 Å². The maximum absolute atomic E-state index is 13.9. The lowest BCUT2D eigenvalue weighted by Gasteiger charge is -2.34. The molecular weight excluding hydrogens is 309 g/mol. The molecule has 0 radical (unpaired) electrons. The van der Waals surface area contributed by atoms with Crippen LogP contribution < -0.4 is 4.74 Å². The van der Waals surface area contributed by atoms with Gasteiger partial charge in [0.2, 0.25) is 0 Å². The van der Waals surface area contributed by atoms with Gasteiger partial charge in [-0.1, -0.05) is 22.5 Å². The van der Waals surface area contributed by atoms with Crippen molar-refractivity contribution in [3.05, 3.63) is 40.6 Å². The first kappa shape index (κ1) is 15.1. The highest BCUT2D eigenvalue weighted by Crippen LogP contribution is 2.38. The number of benzene rings is 1. The van der Waals surface area contributed by atoms with E-state index in [4.69, 9.17) is 4.74 Å². The quantitative estimate of drug-likeness (QED) is 0.712. The molecule has 1 aromatic rings. The Morgan fingerprint density at radius 1 is 1.28 bits per heavy atom. The third kappa shape index (κ3) is 3.07. The molecule has 1 rings (SSSR count). The zero-order valence-electron chi connectivity index (χ0n) is 10.4. The summed E-state index contributed by atoms with van der Waals surface area (Å²) in [7, 11) is 0. The fourth-order valence-electron chi connectivity index (χ4n) is 1.46. The summed E-state index contributed by atoms with van der Waals surface area (Å²) in [5, 5.41) is 0. The summed E-state index contributed by atoms with van der Waals surface area (Å²) in [6, 6.07) is 3.71. The third-order valence-electron chi connectivity index (χ3n) is 2.50. The maximum Gasteiger partial charge on any atom is 0.306 e. The van der Waals surface area contributed by atoms with Crippen molar-refractivity contribution < 1.29 is 17.9 Å². The zero-order valence-corrected chi connectivity index (χ0v) is 11.9. The number of alkyl halides is 2. The fourth-order valence-corrected chi connectivity index (χ4v) is 1.90. The van der Waals surface area contributed by atoms with Crippen LogP contribution in [0.15, 0.2) is 34.8 Å². The minimum absolute atomic E-state index is 0.0350. The molecule has 0 amide bonds. The van der Waals surface area contributed by atoms with Crippen LogP contribution in [0.25, 0.3) is 0 Å².